The van der Waals surface area contributed by atoms with Crippen LogP contribution in [0.4, 0.5) is 0 Å². The van der Waals surface area contributed by atoms with E-state index in [2.05, 4.69) is 0 Å². The van der Waals surface area contributed by atoms with E-state index in [4.69, 9.17) is 0 Å². The van der Waals surface area contributed by atoms with E-state index < -0.39 is 15.8 Å². The fourth-order valence-corrected chi connectivity index (χ4v) is 3.17. The van der Waals surface area contributed by atoms with Crippen LogP contribution in [0.3, 0.4) is 0 Å². The van der Waals surface area contributed by atoms with Gasteiger partial charge in [0.25, 0.3) is 0 Å². The van der Waals surface area contributed by atoms with E-state index in [9.17, 15) is 18.3 Å². The highest BCUT2D eigenvalue weighted by atomic mass is 32.2. The van der Waals surface area contributed by atoms with Crippen LogP contribution in [-0.4, -0.2) is 20.6 Å². The van der Waals surface area contributed by atoms with Crippen molar-refractivity contribution in [1.29, 1.82) is 0 Å². The normalized spacial score (nSPS) is 11.5. The highest BCUT2D eigenvalue weighted by Crippen LogP contribution is 2.25. The van der Waals surface area contributed by atoms with Crippen molar-refractivity contribution < 1.29 is 18.3 Å². The Balaban J connectivity index is 3.46. The molecule has 0 fully saturated rings. The van der Waals surface area contributed by atoms with Crippen LogP contribution in [0.5, 0.6) is 0 Å². The number of carboxylic acid groups (broad SMARTS) is 1. The maximum atomic E-state index is 11.1. The van der Waals surface area contributed by atoms with Gasteiger partial charge in [0.2, 0.25) is 0 Å². The maximum Gasteiger partial charge on any atom is 0.185 e. The van der Waals surface area contributed by atoms with Gasteiger partial charge in [-0.3, -0.25) is 0 Å². The van der Waals surface area contributed by atoms with Crippen LogP contribution in [0, 0.1) is 6.92 Å². The lowest BCUT2D eigenvalue weighted by Crippen LogP contribution is -2.23. The van der Waals surface area contributed by atoms with Crippen LogP contribution in [0.25, 0.3) is 0 Å². The lowest BCUT2D eigenvalue weighted by molar-refractivity contribution is -0.255. The molecule has 0 saturated carbocycles. The molecule has 0 aliphatic rings. The summed E-state index contributed by atoms with van der Waals surface area (Å²) in [4.78, 5) is 11.2. The Kier molecular flexibility index (Phi) is 2.44. The second-order valence-corrected chi connectivity index (χ2v) is 6.09. The number of rotatable bonds is 2. The van der Waals surface area contributed by atoms with Gasteiger partial charge in [-0.1, -0.05) is 0 Å². The summed E-state index contributed by atoms with van der Waals surface area (Å²) in [5.74, 6) is -1.45. The van der Waals surface area contributed by atoms with Crippen LogP contribution >= 0.6 is 11.3 Å². The average Bonchev–Trinajstić information content (AvgIpc) is 2.29. The molecule has 0 aromatic carbocycles. The number of thiophene rings is 1. The average molecular weight is 219 g/mol. The van der Waals surface area contributed by atoms with E-state index in [0.717, 1.165) is 17.6 Å². The first kappa shape index (κ1) is 10.2. The molecule has 1 rings (SSSR count). The van der Waals surface area contributed by atoms with Crippen LogP contribution in [0.1, 0.15) is 15.2 Å². The maximum absolute atomic E-state index is 11.1. The first-order chi connectivity index (χ1) is 5.82. The number of carbonyl (C=O) groups is 1. The van der Waals surface area contributed by atoms with Gasteiger partial charge < -0.3 is 9.90 Å². The van der Waals surface area contributed by atoms with Crippen LogP contribution in [0.15, 0.2) is 10.3 Å². The zero-order valence-electron chi connectivity index (χ0n) is 7.03. The monoisotopic (exact) mass is 219 g/mol. The highest BCUT2D eigenvalue weighted by Gasteiger charge is 2.17. The van der Waals surface area contributed by atoms with E-state index in [1.807, 2.05) is 0 Å². The number of hydrogen-bond donors (Lipinski definition) is 0. The summed E-state index contributed by atoms with van der Waals surface area (Å²) >= 11 is 0.941. The molecule has 1 aromatic rings. The second-order valence-electron chi connectivity index (χ2n) is 2.62. The van der Waals surface area contributed by atoms with Gasteiger partial charge in [0.05, 0.1) is 5.97 Å². The lowest BCUT2D eigenvalue weighted by Gasteiger charge is -2.00. The minimum absolute atomic E-state index is 0.134. The molecule has 0 saturated heterocycles. The van der Waals surface area contributed by atoms with Gasteiger partial charge in [0.15, 0.2) is 9.84 Å². The van der Waals surface area contributed by atoms with Crippen molar-refractivity contribution in [2.24, 2.45) is 0 Å². The molecule has 0 amide bonds. The molecule has 72 valence electrons. The Morgan fingerprint density at radius 1 is 1.54 bits per heavy atom. The van der Waals surface area contributed by atoms with E-state index >= 15 is 0 Å². The Morgan fingerprint density at radius 2 is 2.08 bits per heavy atom. The number of carbonyl (C=O) groups excluding carboxylic acids is 1. The Bertz CT molecular complexity index is 441. The van der Waals surface area contributed by atoms with Crippen molar-refractivity contribution in [3.63, 3.8) is 0 Å². The molecule has 0 bridgehead atoms. The standard InChI is InChI=1S/C7H8O4S2/c1-4-3-5(6(8)9)7(12-4)13(2,10)11/h3H,1-2H3,(H,8,9)/p-1. The molecule has 0 atom stereocenters. The fourth-order valence-electron chi connectivity index (χ4n) is 0.911. The third-order valence-electron chi connectivity index (χ3n) is 1.38. The summed E-state index contributed by atoms with van der Waals surface area (Å²) < 4.78 is 22.0. The molecule has 0 aliphatic carbocycles. The number of carboxylic acids is 1. The van der Waals surface area contributed by atoms with Crippen molar-refractivity contribution >= 4 is 27.1 Å². The van der Waals surface area contributed by atoms with Crippen LogP contribution in [-0.2, 0) is 9.84 Å². The fraction of sp³-hybridized carbons (Fsp3) is 0.286. The van der Waals surface area contributed by atoms with E-state index in [-0.39, 0.29) is 9.77 Å². The first-order valence-electron chi connectivity index (χ1n) is 3.34. The van der Waals surface area contributed by atoms with Crippen molar-refractivity contribution in [1.82, 2.24) is 0 Å². The van der Waals surface area contributed by atoms with Gasteiger partial charge in [-0.05, 0) is 13.0 Å². The minimum atomic E-state index is -3.46. The molecule has 1 heterocycles. The van der Waals surface area contributed by atoms with Gasteiger partial charge in [0, 0.05) is 16.7 Å². The van der Waals surface area contributed by atoms with E-state index in [1.165, 1.54) is 6.07 Å². The minimum Gasteiger partial charge on any atom is -0.545 e. The summed E-state index contributed by atoms with van der Waals surface area (Å²) in [6.45, 7) is 1.64. The molecule has 0 unspecified atom stereocenters. The zero-order valence-corrected chi connectivity index (χ0v) is 8.66. The molecule has 0 aliphatic heterocycles. The smallest absolute Gasteiger partial charge is 0.185 e. The topological polar surface area (TPSA) is 74.3 Å². The SMILES string of the molecule is Cc1cc(C(=O)[O-])c(S(C)(=O)=O)s1. The van der Waals surface area contributed by atoms with E-state index in [0.29, 0.717) is 4.88 Å². The van der Waals surface area contributed by atoms with Gasteiger partial charge in [-0.25, -0.2) is 8.42 Å². The predicted octanol–water partition coefficient (Wildman–Crippen LogP) is -0.176. The van der Waals surface area contributed by atoms with Crippen molar-refractivity contribution in [2.75, 3.05) is 6.26 Å². The molecular weight excluding hydrogens is 212 g/mol. The molecule has 13 heavy (non-hydrogen) atoms. The third kappa shape index (κ3) is 2.07. The van der Waals surface area contributed by atoms with Crippen LogP contribution < -0.4 is 5.11 Å². The molecule has 0 radical (unpaired) electrons. The summed E-state index contributed by atoms with van der Waals surface area (Å²) in [7, 11) is -3.46. The quantitative estimate of drug-likeness (QED) is 0.691. The summed E-state index contributed by atoms with van der Waals surface area (Å²) in [6.07, 6.45) is 0.977. The van der Waals surface area contributed by atoms with Crippen molar-refractivity contribution in [3.8, 4) is 0 Å². The Morgan fingerprint density at radius 3 is 2.38 bits per heavy atom. The van der Waals surface area contributed by atoms with Gasteiger partial charge in [-0.15, -0.1) is 11.3 Å². The second kappa shape index (κ2) is 3.12. The number of aryl methyl sites for hydroxylation is 1. The summed E-state index contributed by atoms with van der Waals surface area (Å²) in [5.41, 5.74) is -0.245. The first-order valence-corrected chi connectivity index (χ1v) is 6.05. The molecule has 1 aromatic heterocycles. The number of hydrogen-bond acceptors (Lipinski definition) is 5. The lowest BCUT2D eigenvalue weighted by atomic mass is 10.3. The van der Waals surface area contributed by atoms with Gasteiger partial charge in [-0.2, -0.15) is 0 Å². The third-order valence-corrected chi connectivity index (χ3v) is 4.27. The highest BCUT2D eigenvalue weighted by molar-refractivity contribution is 7.92. The van der Waals surface area contributed by atoms with E-state index in [1.54, 1.807) is 6.92 Å². The largest absolute Gasteiger partial charge is 0.545 e. The predicted molar refractivity (Wildman–Crippen MR) is 46.5 cm³/mol. The summed E-state index contributed by atoms with van der Waals surface area (Å²) in [5, 5.41) is 10.5. The number of aromatic carboxylic acids is 1. The molecule has 0 N–H and O–H groups in total. The number of sulfone groups is 1. The van der Waals surface area contributed by atoms with Gasteiger partial charge in [0.1, 0.15) is 4.21 Å². The molecular formula is C7H7O4S2-. The molecule has 4 nitrogen and oxygen atoms in total. The van der Waals surface area contributed by atoms with Crippen molar-refractivity contribution in [3.05, 3.63) is 16.5 Å². The van der Waals surface area contributed by atoms with Crippen LogP contribution in [0.2, 0.25) is 0 Å². The molecule has 0 spiro atoms. The Labute approximate surface area is 79.7 Å². The molecule has 6 heteroatoms. The Hall–Kier alpha value is -0.880. The summed E-state index contributed by atoms with van der Waals surface area (Å²) in [6, 6.07) is 1.30. The van der Waals surface area contributed by atoms with Gasteiger partial charge >= 0.3 is 0 Å². The zero-order chi connectivity index (χ0) is 10.2. The van der Waals surface area contributed by atoms with Crippen molar-refractivity contribution in [2.45, 2.75) is 11.1 Å².